The van der Waals surface area contributed by atoms with Crippen LogP contribution in [-0.4, -0.2) is 39.6 Å². The molecule has 0 aliphatic heterocycles. The lowest BCUT2D eigenvalue weighted by molar-refractivity contribution is -0.144. The van der Waals surface area contributed by atoms with Gasteiger partial charge in [-0.3, -0.25) is 0 Å². The molecule has 0 aliphatic rings. The van der Waals surface area contributed by atoms with E-state index in [0.717, 1.165) is 12.4 Å². The van der Waals surface area contributed by atoms with Crippen LogP contribution in [0, 0.1) is 5.82 Å². The molecule has 5 aromatic rings. The Kier molecular flexibility index (Phi) is 4.73. The lowest BCUT2D eigenvalue weighted by atomic mass is 10.2. The van der Waals surface area contributed by atoms with E-state index in [1.807, 2.05) is 0 Å². The molecule has 0 saturated carbocycles. The van der Waals surface area contributed by atoms with Gasteiger partial charge in [0.2, 0.25) is 5.82 Å². The smallest absolute Gasteiger partial charge is 0.382 e. The van der Waals surface area contributed by atoms with E-state index in [1.165, 1.54) is 15.3 Å². The maximum Gasteiger partial charge on any atom is 0.451 e. The number of aromatic nitrogens is 8. The third-order valence-electron chi connectivity index (χ3n) is 4.78. The first-order chi connectivity index (χ1) is 15.8. The fourth-order valence-electron chi connectivity index (χ4n) is 3.24. The zero-order valence-corrected chi connectivity index (χ0v) is 16.6. The Labute approximate surface area is 182 Å². The van der Waals surface area contributed by atoms with E-state index in [2.05, 4.69) is 30.4 Å². The summed E-state index contributed by atoms with van der Waals surface area (Å²) in [5, 5.41) is 12.4. The van der Waals surface area contributed by atoms with Crippen molar-refractivity contribution in [1.82, 2.24) is 39.6 Å². The van der Waals surface area contributed by atoms with Crippen molar-refractivity contribution in [1.29, 1.82) is 0 Å². The number of nitrogens with zero attached hydrogens (tertiary/aromatic N) is 8. The average molecular weight is 455 g/mol. The summed E-state index contributed by atoms with van der Waals surface area (Å²) in [4.78, 5) is 10.8. The van der Waals surface area contributed by atoms with Crippen LogP contribution in [0.25, 0.3) is 22.6 Å². The number of halogens is 4. The molecule has 5 rings (SSSR count). The number of para-hydroxylation sites is 1. The van der Waals surface area contributed by atoms with Gasteiger partial charge in [0.15, 0.2) is 11.6 Å². The Morgan fingerprint density at radius 2 is 1.76 bits per heavy atom. The van der Waals surface area contributed by atoms with Crippen molar-refractivity contribution in [2.75, 3.05) is 5.73 Å². The third-order valence-corrected chi connectivity index (χ3v) is 4.78. The van der Waals surface area contributed by atoms with Crippen LogP contribution in [-0.2, 0) is 12.6 Å². The zero-order chi connectivity index (χ0) is 23.2. The fraction of sp³-hybridized carbons (Fsp3) is 0.100. The zero-order valence-electron chi connectivity index (χ0n) is 16.6. The van der Waals surface area contributed by atoms with E-state index in [4.69, 9.17) is 5.73 Å². The van der Waals surface area contributed by atoms with Gasteiger partial charge in [0.05, 0.1) is 17.5 Å². The monoisotopic (exact) mass is 455 g/mol. The van der Waals surface area contributed by atoms with Crippen molar-refractivity contribution >= 4 is 11.3 Å². The van der Waals surface area contributed by atoms with Gasteiger partial charge in [-0.15, -0.1) is 10.2 Å². The van der Waals surface area contributed by atoms with Gasteiger partial charge in [0, 0.05) is 24.5 Å². The van der Waals surface area contributed by atoms with Crippen molar-refractivity contribution in [3.05, 3.63) is 78.0 Å². The molecular formula is C20H13F4N9. The number of hydrogen-bond acceptors (Lipinski definition) is 7. The maximum atomic E-state index is 14.0. The molecule has 0 spiro atoms. The Morgan fingerprint density at radius 1 is 1.00 bits per heavy atom. The molecule has 0 bridgehead atoms. The molecule has 0 saturated heterocycles. The van der Waals surface area contributed by atoms with Gasteiger partial charge >= 0.3 is 6.18 Å². The van der Waals surface area contributed by atoms with Gasteiger partial charge in [-0.25, -0.2) is 28.5 Å². The first-order valence-corrected chi connectivity index (χ1v) is 9.49. The molecule has 0 aliphatic carbocycles. The predicted octanol–water partition coefficient (Wildman–Crippen LogP) is 3.10. The third kappa shape index (κ3) is 3.84. The molecule has 33 heavy (non-hydrogen) atoms. The molecule has 1 aromatic carbocycles. The first-order valence-electron chi connectivity index (χ1n) is 9.49. The van der Waals surface area contributed by atoms with E-state index in [1.54, 1.807) is 36.5 Å². The van der Waals surface area contributed by atoms with Gasteiger partial charge in [-0.1, -0.05) is 17.3 Å². The highest BCUT2D eigenvalue weighted by molar-refractivity contribution is 5.68. The van der Waals surface area contributed by atoms with E-state index in [9.17, 15) is 17.6 Å². The Balaban J connectivity index is 1.48. The summed E-state index contributed by atoms with van der Waals surface area (Å²) in [6.07, 6.45) is -0.815. The van der Waals surface area contributed by atoms with Crippen LogP contribution in [0.5, 0.6) is 0 Å². The highest BCUT2D eigenvalue weighted by atomic mass is 19.4. The van der Waals surface area contributed by atoms with E-state index in [-0.39, 0.29) is 29.3 Å². The molecule has 4 heterocycles. The topological polar surface area (TPSA) is 113 Å². The molecule has 0 atom stereocenters. The van der Waals surface area contributed by atoms with Gasteiger partial charge in [-0.05, 0) is 24.3 Å². The number of nitrogen functional groups attached to an aromatic ring is 1. The van der Waals surface area contributed by atoms with Gasteiger partial charge in [0.1, 0.15) is 17.0 Å². The highest BCUT2D eigenvalue weighted by Crippen LogP contribution is 2.27. The normalized spacial score (nSPS) is 11.9. The number of fused-ring (bicyclic) bond motifs is 1. The Hall–Kier alpha value is -4.42. The Morgan fingerprint density at radius 3 is 2.48 bits per heavy atom. The molecule has 2 N–H and O–H groups in total. The molecule has 13 heteroatoms. The standard InChI is InChI=1S/C20H13F4N9/c21-14-3-1-2-4-15(14)32-10-12(29-31-32)7-13-5-6-16-17(25)28-18(30-33(13)16)11-8-26-19(27-9-11)20(22,23)24/h1-6,8-10H,7H2,(H2,25,28,30). The van der Waals surface area contributed by atoms with Crippen molar-refractivity contribution in [3.63, 3.8) is 0 Å². The van der Waals surface area contributed by atoms with Crippen LogP contribution >= 0.6 is 0 Å². The second-order valence-electron chi connectivity index (χ2n) is 7.02. The van der Waals surface area contributed by atoms with Crippen molar-refractivity contribution in [2.45, 2.75) is 12.6 Å². The van der Waals surface area contributed by atoms with Crippen LogP contribution in [0.4, 0.5) is 23.4 Å². The van der Waals surface area contributed by atoms with Crippen molar-refractivity contribution < 1.29 is 17.6 Å². The van der Waals surface area contributed by atoms with E-state index >= 15 is 0 Å². The summed E-state index contributed by atoms with van der Waals surface area (Å²) in [5.74, 6) is -1.52. The molecule has 166 valence electrons. The second-order valence-corrected chi connectivity index (χ2v) is 7.02. The minimum atomic E-state index is -4.66. The number of anilines is 1. The SMILES string of the molecule is Nc1nc(-c2cnc(C(F)(F)F)nc2)nn2c(Cc3cn(-c4ccccc4F)nn3)ccc12. The molecule has 0 unspecified atom stereocenters. The molecule has 0 radical (unpaired) electrons. The lowest BCUT2D eigenvalue weighted by Gasteiger charge is -2.07. The first kappa shape index (κ1) is 20.5. The van der Waals surface area contributed by atoms with Gasteiger partial charge < -0.3 is 5.73 Å². The van der Waals surface area contributed by atoms with Crippen LogP contribution in [0.1, 0.15) is 17.2 Å². The van der Waals surface area contributed by atoms with Crippen LogP contribution in [0.2, 0.25) is 0 Å². The average Bonchev–Trinajstić information content (AvgIpc) is 3.41. The predicted molar refractivity (Wildman–Crippen MR) is 108 cm³/mol. The number of nitrogens with two attached hydrogens (primary N) is 1. The lowest BCUT2D eigenvalue weighted by Crippen LogP contribution is -2.11. The molecular weight excluding hydrogens is 442 g/mol. The number of rotatable bonds is 4. The summed E-state index contributed by atoms with van der Waals surface area (Å²) in [5.41, 5.74) is 8.16. The minimum Gasteiger partial charge on any atom is -0.382 e. The minimum absolute atomic E-state index is 0.0567. The number of alkyl halides is 3. The summed E-state index contributed by atoms with van der Waals surface area (Å²) in [6, 6.07) is 9.63. The van der Waals surface area contributed by atoms with Gasteiger partial charge in [-0.2, -0.15) is 13.2 Å². The maximum absolute atomic E-state index is 14.0. The van der Waals surface area contributed by atoms with Crippen LogP contribution in [0.15, 0.2) is 55.0 Å². The second kappa shape index (κ2) is 7.62. The molecule has 0 amide bonds. The summed E-state index contributed by atoms with van der Waals surface area (Å²) >= 11 is 0. The Bertz CT molecular complexity index is 1450. The van der Waals surface area contributed by atoms with Crippen molar-refractivity contribution in [2.24, 2.45) is 0 Å². The summed E-state index contributed by atoms with van der Waals surface area (Å²) in [7, 11) is 0. The largest absolute Gasteiger partial charge is 0.451 e. The van der Waals surface area contributed by atoms with E-state index in [0.29, 0.717) is 16.9 Å². The fourth-order valence-corrected chi connectivity index (χ4v) is 3.24. The van der Waals surface area contributed by atoms with Gasteiger partial charge in [0.25, 0.3) is 0 Å². The number of benzene rings is 1. The number of hydrogen-bond donors (Lipinski definition) is 1. The van der Waals surface area contributed by atoms with E-state index < -0.39 is 17.8 Å². The van der Waals surface area contributed by atoms with Crippen LogP contribution < -0.4 is 5.73 Å². The summed E-state index contributed by atoms with van der Waals surface area (Å²) in [6.45, 7) is 0. The quantitative estimate of drug-likeness (QED) is 0.415. The summed E-state index contributed by atoms with van der Waals surface area (Å²) < 4.78 is 55.0. The molecule has 9 nitrogen and oxygen atoms in total. The highest BCUT2D eigenvalue weighted by Gasteiger charge is 2.34. The molecule has 0 fully saturated rings. The molecule has 4 aromatic heterocycles. The van der Waals surface area contributed by atoms with Crippen LogP contribution in [0.3, 0.4) is 0 Å². The van der Waals surface area contributed by atoms with Crippen molar-refractivity contribution in [3.8, 4) is 17.1 Å².